The van der Waals surface area contributed by atoms with Crippen LogP contribution in [0.4, 0.5) is 0 Å². The summed E-state index contributed by atoms with van der Waals surface area (Å²) in [6.07, 6.45) is 0. The Hall–Kier alpha value is -0.740. The first-order chi connectivity index (χ1) is 5.65. The Labute approximate surface area is 82.4 Å². The minimum absolute atomic E-state index is 0.0272. The third kappa shape index (κ3) is 1.89. The van der Waals surface area contributed by atoms with Crippen molar-refractivity contribution >= 4 is 33.8 Å². The van der Waals surface area contributed by atoms with Crippen molar-refractivity contribution < 1.29 is 13.7 Å². The van der Waals surface area contributed by atoms with Gasteiger partial charge in [-0.15, -0.1) is 0 Å². The minimum atomic E-state index is -1.08. The summed E-state index contributed by atoms with van der Waals surface area (Å²) < 4.78 is 4.63. The number of carboxylic acid groups (broad SMARTS) is 1. The summed E-state index contributed by atoms with van der Waals surface area (Å²) in [5, 5.41) is 9.02. The Morgan fingerprint density at radius 1 is 1.58 bits per heavy atom. The Bertz CT molecular complexity index is 314. The molecule has 0 aliphatic carbocycles. The Morgan fingerprint density at radius 2 is 2.25 bits per heavy atom. The summed E-state index contributed by atoms with van der Waals surface area (Å²) in [6, 6.07) is 4.34. The molecule has 0 aromatic heterocycles. The lowest BCUT2D eigenvalue weighted by Crippen LogP contribution is -1.97. The topological polar surface area (TPSA) is 46.5 Å². The molecule has 0 aliphatic rings. The first-order valence-corrected chi connectivity index (χ1v) is 3.99. The number of hydrogen-bond donors (Lipinski definition) is 1. The van der Waals surface area contributed by atoms with Crippen LogP contribution in [0, 0.1) is 0 Å². The zero-order valence-electron chi connectivity index (χ0n) is 5.75. The van der Waals surface area contributed by atoms with E-state index >= 15 is 0 Å². The van der Waals surface area contributed by atoms with E-state index in [1.807, 2.05) is 0 Å². The van der Waals surface area contributed by atoms with Gasteiger partial charge in [0.15, 0.2) is 22.0 Å². The summed E-state index contributed by atoms with van der Waals surface area (Å²) in [4.78, 5) is 10.6. The molecule has 0 unspecified atom stereocenters. The smallest absolute Gasteiger partial charge is 0.339 e. The van der Waals surface area contributed by atoms with E-state index in [-0.39, 0.29) is 11.3 Å². The number of benzene rings is 1. The van der Waals surface area contributed by atoms with Crippen molar-refractivity contribution in [2.24, 2.45) is 0 Å². The number of halogens is 2. The van der Waals surface area contributed by atoms with Gasteiger partial charge in [-0.25, -0.2) is 4.79 Å². The molecule has 0 saturated heterocycles. The van der Waals surface area contributed by atoms with E-state index in [0.717, 1.165) is 0 Å². The average molecular weight is 251 g/mol. The summed E-state index contributed by atoms with van der Waals surface area (Å²) in [7, 11) is 0. The number of carboxylic acids is 1. The normalized spacial score (nSPS) is 9.50. The monoisotopic (exact) mass is 250 g/mol. The van der Waals surface area contributed by atoms with Gasteiger partial charge in [-0.3, -0.25) is 0 Å². The molecule has 0 fully saturated rings. The highest BCUT2D eigenvalue weighted by molar-refractivity contribution is 9.06. The fourth-order valence-corrected chi connectivity index (χ4v) is 1.19. The first kappa shape index (κ1) is 9.35. The maximum absolute atomic E-state index is 10.6. The van der Waals surface area contributed by atoms with Crippen molar-refractivity contribution in [3.8, 4) is 5.75 Å². The Morgan fingerprint density at radius 3 is 2.75 bits per heavy atom. The van der Waals surface area contributed by atoms with Crippen molar-refractivity contribution in [1.82, 2.24) is 0 Å². The fourth-order valence-electron chi connectivity index (χ4n) is 0.737. The predicted octanol–water partition coefficient (Wildman–Crippen LogP) is 2.73. The van der Waals surface area contributed by atoms with Crippen LogP contribution in [0.3, 0.4) is 0 Å². The summed E-state index contributed by atoms with van der Waals surface area (Å²) >= 11 is 8.28. The molecule has 0 saturated carbocycles. The lowest BCUT2D eigenvalue weighted by Gasteiger charge is -2.01. The van der Waals surface area contributed by atoms with Gasteiger partial charge >= 0.3 is 5.97 Å². The molecule has 0 spiro atoms. The van der Waals surface area contributed by atoms with Gasteiger partial charge in [-0.05, 0) is 18.2 Å². The molecule has 0 amide bonds. The maximum Gasteiger partial charge on any atom is 0.339 e. The molecule has 0 radical (unpaired) electrons. The summed E-state index contributed by atoms with van der Waals surface area (Å²) in [6.45, 7) is 0. The van der Waals surface area contributed by atoms with Crippen LogP contribution in [0.1, 0.15) is 10.4 Å². The predicted molar refractivity (Wildman–Crippen MR) is 48.0 cm³/mol. The van der Waals surface area contributed by atoms with Crippen molar-refractivity contribution in [3.63, 3.8) is 0 Å². The summed E-state index contributed by atoms with van der Waals surface area (Å²) in [5.41, 5.74) is 0.0272. The Kier molecular flexibility index (Phi) is 2.94. The van der Waals surface area contributed by atoms with Gasteiger partial charge in [-0.1, -0.05) is 11.6 Å². The Balaban J connectivity index is 3.21. The van der Waals surface area contributed by atoms with E-state index in [1.54, 1.807) is 6.07 Å². The number of aromatic carboxylic acids is 1. The number of carbonyl (C=O) groups is 1. The molecule has 1 aromatic carbocycles. The van der Waals surface area contributed by atoms with E-state index in [2.05, 4.69) is 20.1 Å². The lowest BCUT2D eigenvalue weighted by atomic mass is 10.2. The van der Waals surface area contributed by atoms with Crippen molar-refractivity contribution in [2.75, 3.05) is 0 Å². The van der Waals surface area contributed by atoms with E-state index in [9.17, 15) is 4.79 Å². The van der Waals surface area contributed by atoms with E-state index in [4.69, 9.17) is 16.7 Å². The number of rotatable bonds is 2. The second-order valence-electron chi connectivity index (χ2n) is 2.02. The third-order valence-corrected chi connectivity index (χ3v) is 1.84. The standard InChI is InChI=1S/C7H4BrClO3/c8-12-6-2-1-4(9)3-5(6)7(10)11/h1-3H,(H,10,11). The van der Waals surface area contributed by atoms with Gasteiger partial charge in [0.2, 0.25) is 0 Å². The van der Waals surface area contributed by atoms with Gasteiger partial charge in [0, 0.05) is 5.02 Å². The zero-order chi connectivity index (χ0) is 9.14. The molecular weight excluding hydrogens is 247 g/mol. The van der Waals surface area contributed by atoms with Crippen LogP contribution in [0.5, 0.6) is 5.75 Å². The van der Waals surface area contributed by atoms with Crippen LogP contribution in [-0.4, -0.2) is 11.1 Å². The highest BCUT2D eigenvalue weighted by Gasteiger charge is 2.10. The van der Waals surface area contributed by atoms with Crippen molar-refractivity contribution in [3.05, 3.63) is 28.8 Å². The molecule has 0 bridgehead atoms. The van der Waals surface area contributed by atoms with Gasteiger partial charge in [0.25, 0.3) is 0 Å². The second kappa shape index (κ2) is 3.78. The zero-order valence-corrected chi connectivity index (χ0v) is 8.09. The molecule has 1 aromatic rings. The second-order valence-corrected chi connectivity index (χ2v) is 2.78. The molecule has 12 heavy (non-hydrogen) atoms. The molecule has 3 nitrogen and oxygen atoms in total. The SMILES string of the molecule is O=C(O)c1cc(Cl)ccc1OBr. The minimum Gasteiger partial charge on any atom is -0.478 e. The van der Waals surface area contributed by atoms with Crippen LogP contribution < -0.4 is 3.83 Å². The molecule has 64 valence electrons. The average Bonchev–Trinajstić information content (AvgIpc) is 2.04. The van der Waals surface area contributed by atoms with E-state index < -0.39 is 5.97 Å². The van der Waals surface area contributed by atoms with E-state index in [1.165, 1.54) is 12.1 Å². The van der Waals surface area contributed by atoms with Crippen LogP contribution in [0.2, 0.25) is 5.02 Å². The van der Waals surface area contributed by atoms with E-state index in [0.29, 0.717) is 5.02 Å². The van der Waals surface area contributed by atoms with Gasteiger partial charge in [-0.2, -0.15) is 0 Å². The highest BCUT2D eigenvalue weighted by Crippen LogP contribution is 2.23. The molecule has 1 rings (SSSR count). The van der Waals surface area contributed by atoms with Crippen LogP contribution >= 0.6 is 27.9 Å². The fraction of sp³-hybridized carbons (Fsp3) is 0. The first-order valence-electron chi connectivity index (χ1n) is 2.96. The lowest BCUT2D eigenvalue weighted by molar-refractivity contribution is 0.0695. The number of hydrogen-bond acceptors (Lipinski definition) is 2. The van der Waals surface area contributed by atoms with Crippen LogP contribution in [0.15, 0.2) is 18.2 Å². The quantitative estimate of drug-likeness (QED) is 0.879. The molecular formula is C7H4BrClO3. The third-order valence-electron chi connectivity index (χ3n) is 1.26. The van der Waals surface area contributed by atoms with Gasteiger partial charge in [0.05, 0.1) is 0 Å². The largest absolute Gasteiger partial charge is 0.478 e. The van der Waals surface area contributed by atoms with Crippen LogP contribution in [-0.2, 0) is 0 Å². The van der Waals surface area contributed by atoms with Gasteiger partial charge < -0.3 is 8.93 Å². The molecule has 0 atom stereocenters. The van der Waals surface area contributed by atoms with Crippen molar-refractivity contribution in [1.29, 1.82) is 0 Å². The molecule has 5 heteroatoms. The molecule has 1 N–H and O–H groups in total. The summed E-state index contributed by atoms with van der Waals surface area (Å²) in [5.74, 6) is -0.848. The van der Waals surface area contributed by atoms with Crippen LogP contribution in [0.25, 0.3) is 0 Å². The van der Waals surface area contributed by atoms with Crippen molar-refractivity contribution in [2.45, 2.75) is 0 Å². The van der Waals surface area contributed by atoms with Gasteiger partial charge in [0.1, 0.15) is 5.56 Å². The highest BCUT2D eigenvalue weighted by atomic mass is 79.9. The maximum atomic E-state index is 10.6. The molecule has 0 heterocycles. The molecule has 0 aliphatic heterocycles.